The van der Waals surface area contributed by atoms with E-state index in [1.54, 1.807) is 37.1 Å². The third-order valence-corrected chi connectivity index (χ3v) is 8.31. The maximum atomic E-state index is 14.6. The molecule has 1 amide bonds. The molecule has 0 unspecified atom stereocenters. The van der Waals surface area contributed by atoms with Crippen LogP contribution in [0, 0.1) is 5.82 Å². The van der Waals surface area contributed by atoms with Crippen LogP contribution in [-0.4, -0.2) is 56.5 Å². The van der Waals surface area contributed by atoms with Crippen molar-refractivity contribution in [3.8, 4) is 33.6 Å². The first-order valence-electron chi connectivity index (χ1n) is 14.2. The lowest BCUT2D eigenvalue weighted by molar-refractivity contribution is -0.116. The molecule has 0 aliphatic rings. The second kappa shape index (κ2) is 12.0. The van der Waals surface area contributed by atoms with Crippen LogP contribution in [0.4, 0.5) is 10.1 Å². The van der Waals surface area contributed by atoms with E-state index in [4.69, 9.17) is 0 Å². The van der Waals surface area contributed by atoms with Gasteiger partial charge in [-0.3, -0.25) is 19.9 Å². The van der Waals surface area contributed by atoms with Crippen molar-refractivity contribution < 1.29 is 17.6 Å². The number of aryl methyl sites for hydroxylation is 1. The molecule has 0 bridgehead atoms. The zero-order valence-electron chi connectivity index (χ0n) is 24.2. The molecule has 12 heteroatoms. The van der Waals surface area contributed by atoms with Gasteiger partial charge in [0.25, 0.3) is 0 Å². The molecule has 6 rings (SSSR count). The Kier molecular flexibility index (Phi) is 7.92. The molecule has 5 aromatic heterocycles. The Morgan fingerprint density at radius 2 is 1.75 bits per heavy atom. The summed E-state index contributed by atoms with van der Waals surface area (Å²) in [7, 11) is -3.19. The molecule has 0 atom stereocenters. The van der Waals surface area contributed by atoms with Crippen molar-refractivity contribution in [3.63, 3.8) is 0 Å². The highest BCUT2D eigenvalue weighted by atomic mass is 32.2. The molecule has 1 aromatic carbocycles. The zero-order chi connectivity index (χ0) is 30.8. The van der Waals surface area contributed by atoms with Gasteiger partial charge < -0.3 is 10.3 Å². The Hall–Kier alpha value is -4.97. The molecule has 44 heavy (non-hydrogen) atoms. The Labute approximate surface area is 253 Å². The average Bonchev–Trinajstić information content (AvgIpc) is 3.62. The fourth-order valence-electron chi connectivity index (χ4n) is 5.16. The van der Waals surface area contributed by atoms with Crippen molar-refractivity contribution in [2.75, 3.05) is 17.3 Å². The number of aromatic amines is 2. The lowest BCUT2D eigenvalue weighted by atomic mass is 10.0. The van der Waals surface area contributed by atoms with Crippen molar-refractivity contribution in [1.29, 1.82) is 0 Å². The third kappa shape index (κ3) is 6.35. The number of halogens is 1. The summed E-state index contributed by atoms with van der Waals surface area (Å²) in [5, 5.41) is 12.0. The number of sulfone groups is 1. The van der Waals surface area contributed by atoms with E-state index >= 15 is 0 Å². The number of hydrogen-bond acceptors (Lipinski definition) is 7. The summed E-state index contributed by atoms with van der Waals surface area (Å²) in [6.45, 7) is 2.04. The van der Waals surface area contributed by atoms with Crippen LogP contribution in [0.5, 0.6) is 0 Å². The van der Waals surface area contributed by atoms with Crippen LogP contribution in [-0.2, 0) is 21.1 Å². The summed E-state index contributed by atoms with van der Waals surface area (Å²) >= 11 is 0. The van der Waals surface area contributed by atoms with Crippen molar-refractivity contribution >= 4 is 43.4 Å². The number of nitrogens with zero attached hydrogens (tertiary/aromatic N) is 4. The molecular formula is C32H30FN7O3S. The van der Waals surface area contributed by atoms with Gasteiger partial charge in [0.05, 0.1) is 40.7 Å². The minimum atomic E-state index is -3.19. The van der Waals surface area contributed by atoms with Gasteiger partial charge in [-0.15, -0.1) is 0 Å². The van der Waals surface area contributed by atoms with Crippen LogP contribution in [0.2, 0.25) is 0 Å². The number of benzene rings is 1. The summed E-state index contributed by atoms with van der Waals surface area (Å²) in [5.41, 5.74) is 6.82. The number of amides is 1. The summed E-state index contributed by atoms with van der Waals surface area (Å²) in [6, 6.07) is 10.4. The van der Waals surface area contributed by atoms with Crippen LogP contribution in [0.1, 0.15) is 31.7 Å². The van der Waals surface area contributed by atoms with Crippen LogP contribution in [0.3, 0.4) is 0 Å². The Bertz CT molecular complexity index is 2120. The van der Waals surface area contributed by atoms with E-state index in [2.05, 4.69) is 35.5 Å². The minimum Gasteiger partial charge on any atom is -0.352 e. The number of carbonyl (C=O) groups excluding carboxylic acids is 1. The number of hydrogen-bond donors (Lipinski definition) is 3. The van der Waals surface area contributed by atoms with E-state index in [-0.39, 0.29) is 18.1 Å². The molecule has 0 radical (unpaired) electrons. The molecule has 0 spiro atoms. The van der Waals surface area contributed by atoms with Gasteiger partial charge in [0.1, 0.15) is 15.7 Å². The molecule has 0 saturated heterocycles. The molecule has 0 saturated carbocycles. The number of pyridine rings is 3. The van der Waals surface area contributed by atoms with Crippen LogP contribution in [0.25, 0.3) is 55.6 Å². The maximum absolute atomic E-state index is 14.6. The van der Waals surface area contributed by atoms with E-state index in [0.29, 0.717) is 40.1 Å². The van der Waals surface area contributed by atoms with E-state index in [1.807, 2.05) is 25.1 Å². The fraction of sp³-hybridized carbons (Fsp3) is 0.219. The SMILES string of the molecule is CCCCC(=O)Nc1cncc(-c2cnc3n[nH]c(-c4cc5c(-c6cc(F)cc(CCS(C)(=O)=O)c6)cncc5[nH]4)c3c2)c1. The van der Waals surface area contributed by atoms with E-state index in [9.17, 15) is 17.6 Å². The van der Waals surface area contributed by atoms with Crippen molar-refractivity contribution in [2.45, 2.75) is 32.6 Å². The van der Waals surface area contributed by atoms with E-state index in [1.165, 1.54) is 18.4 Å². The maximum Gasteiger partial charge on any atom is 0.224 e. The van der Waals surface area contributed by atoms with Gasteiger partial charge in [-0.05, 0) is 54.3 Å². The number of anilines is 1. The molecule has 10 nitrogen and oxygen atoms in total. The lowest BCUT2D eigenvalue weighted by Gasteiger charge is -2.07. The highest BCUT2D eigenvalue weighted by molar-refractivity contribution is 7.90. The van der Waals surface area contributed by atoms with Crippen molar-refractivity contribution in [3.05, 3.63) is 78.8 Å². The monoisotopic (exact) mass is 611 g/mol. The van der Waals surface area contributed by atoms with Gasteiger partial charge in [0.15, 0.2) is 5.65 Å². The van der Waals surface area contributed by atoms with Crippen LogP contribution < -0.4 is 5.32 Å². The standard InChI is InChI=1S/C32H30FN7O3S/c1-3-4-5-30(41)37-24-11-21(14-34-16-24)22-12-26-31(39-40-32(26)36-15-22)28-13-25-27(17-35-18-29(25)38-28)20-8-19(9-23(33)10-20)6-7-44(2,42)43/h8-18,38H,3-7H2,1-2H3,(H,37,41)(H,36,39,40). The van der Waals surface area contributed by atoms with Gasteiger partial charge in [0, 0.05) is 58.7 Å². The van der Waals surface area contributed by atoms with E-state index in [0.717, 1.165) is 46.0 Å². The Morgan fingerprint density at radius 1 is 0.932 bits per heavy atom. The molecule has 3 N–H and O–H groups in total. The number of carbonyl (C=O) groups is 1. The largest absolute Gasteiger partial charge is 0.352 e. The van der Waals surface area contributed by atoms with Crippen LogP contribution >= 0.6 is 0 Å². The lowest BCUT2D eigenvalue weighted by Crippen LogP contribution is -2.11. The first-order chi connectivity index (χ1) is 21.2. The highest BCUT2D eigenvalue weighted by Crippen LogP contribution is 2.35. The van der Waals surface area contributed by atoms with Crippen molar-refractivity contribution in [1.82, 2.24) is 30.1 Å². The topological polar surface area (TPSA) is 146 Å². The quantitative estimate of drug-likeness (QED) is 0.170. The number of nitrogens with one attached hydrogen (secondary N) is 3. The molecule has 0 fully saturated rings. The molecule has 6 aromatic rings. The Balaban J connectivity index is 1.35. The van der Waals surface area contributed by atoms with Crippen molar-refractivity contribution in [2.24, 2.45) is 0 Å². The van der Waals surface area contributed by atoms with Gasteiger partial charge in [-0.1, -0.05) is 19.4 Å². The highest BCUT2D eigenvalue weighted by Gasteiger charge is 2.16. The number of unbranched alkanes of at least 4 members (excludes halogenated alkanes) is 1. The first-order valence-corrected chi connectivity index (χ1v) is 16.3. The number of fused-ring (bicyclic) bond motifs is 2. The molecule has 0 aliphatic carbocycles. The van der Waals surface area contributed by atoms with Gasteiger partial charge in [0.2, 0.25) is 5.91 Å². The molecule has 0 aliphatic heterocycles. The number of aromatic nitrogens is 6. The number of rotatable bonds is 10. The summed E-state index contributed by atoms with van der Waals surface area (Å²) in [5.74, 6) is -0.563. The molecule has 224 valence electrons. The molecular weight excluding hydrogens is 581 g/mol. The van der Waals surface area contributed by atoms with Gasteiger partial charge in [-0.2, -0.15) is 5.10 Å². The van der Waals surface area contributed by atoms with E-state index < -0.39 is 15.7 Å². The fourth-order valence-corrected chi connectivity index (χ4v) is 5.77. The third-order valence-electron chi connectivity index (χ3n) is 7.37. The van der Waals surface area contributed by atoms with Gasteiger partial charge >= 0.3 is 0 Å². The smallest absolute Gasteiger partial charge is 0.224 e. The first kappa shape index (κ1) is 29.1. The van der Waals surface area contributed by atoms with Crippen LogP contribution in [0.15, 0.2) is 67.4 Å². The predicted molar refractivity (Wildman–Crippen MR) is 169 cm³/mol. The summed E-state index contributed by atoms with van der Waals surface area (Å²) < 4.78 is 38.0. The molecule has 5 heterocycles. The second-order valence-corrected chi connectivity index (χ2v) is 13.1. The Morgan fingerprint density at radius 3 is 2.57 bits per heavy atom. The minimum absolute atomic E-state index is 0.0486. The summed E-state index contributed by atoms with van der Waals surface area (Å²) in [4.78, 5) is 28.8. The second-order valence-electron chi connectivity index (χ2n) is 10.9. The average molecular weight is 612 g/mol. The van der Waals surface area contributed by atoms with Gasteiger partial charge in [-0.25, -0.2) is 17.8 Å². The normalized spacial score (nSPS) is 11.8. The number of H-pyrrole nitrogens is 2. The zero-order valence-corrected chi connectivity index (χ0v) is 25.0. The summed E-state index contributed by atoms with van der Waals surface area (Å²) in [6.07, 6.45) is 12.0. The predicted octanol–water partition coefficient (Wildman–Crippen LogP) is 6.09.